The summed E-state index contributed by atoms with van der Waals surface area (Å²) in [6.07, 6.45) is 0. The fourth-order valence-electron chi connectivity index (χ4n) is 3.49. The number of esters is 1. The number of halogens is 1. The molecule has 8 heteroatoms. The van der Waals surface area contributed by atoms with Gasteiger partial charge in [-0.15, -0.1) is 0 Å². The average Bonchev–Trinajstić information content (AvgIpc) is 2.98. The molecule has 0 bridgehead atoms. The van der Waals surface area contributed by atoms with Crippen LogP contribution in [0.25, 0.3) is 0 Å². The van der Waals surface area contributed by atoms with Crippen LogP contribution in [0.1, 0.15) is 19.4 Å². The van der Waals surface area contributed by atoms with E-state index in [1.807, 2.05) is 0 Å². The predicted molar refractivity (Wildman–Crippen MR) is 102 cm³/mol. The molecule has 2 aromatic carbocycles. The highest BCUT2D eigenvalue weighted by atomic mass is 35.5. The average molecular weight is 391 g/mol. The second kappa shape index (κ2) is 7.08. The molecule has 142 valence electrons. The molecule has 1 aliphatic rings. The van der Waals surface area contributed by atoms with Crippen LogP contribution in [0.3, 0.4) is 0 Å². The van der Waals surface area contributed by atoms with Crippen LogP contribution < -0.4 is 9.64 Å². The van der Waals surface area contributed by atoms with Gasteiger partial charge in [0, 0.05) is 23.2 Å². The van der Waals surface area contributed by atoms with E-state index in [-0.39, 0.29) is 18.8 Å². The maximum atomic E-state index is 12.8. The summed E-state index contributed by atoms with van der Waals surface area (Å²) in [5.41, 5.74) is 0.270. The van der Waals surface area contributed by atoms with Crippen molar-refractivity contribution in [2.24, 2.45) is 0 Å². The molecule has 1 unspecified atom stereocenters. The van der Waals surface area contributed by atoms with E-state index in [2.05, 4.69) is 0 Å². The first-order chi connectivity index (χ1) is 12.8. The second-order valence-electron chi connectivity index (χ2n) is 6.36. The monoisotopic (exact) mass is 390 g/mol. The molecule has 1 heterocycles. The van der Waals surface area contributed by atoms with Crippen LogP contribution in [0.15, 0.2) is 36.4 Å². The van der Waals surface area contributed by atoms with Gasteiger partial charge in [-0.1, -0.05) is 23.7 Å². The van der Waals surface area contributed by atoms with E-state index in [4.69, 9.17) is 21.1 Å². The number of rotatable bonds is 5. The number of carbonyl (C=O) groups excluding carboxylic acids is 1. The molecule has 7 nitrogen and oxygen atoms in total. The largest absolute Gasteiger partial charge is 0.495 e. The molecule has 1 atom stereocenters. The third-order valence-corrected chi connectivity index (χ3v) is 5.02. The highest BCUT2D eigenvalue weighted by molar-refractivity contribution is 6.32. The van der Waals surface area contributed by atoms with E-state index < -0.39 is 16.3 Å². The Kier molecular flexibility index (Phi) is 4.97. The summed E-state index contributed by atoms with van der Waals surface area (Å²) < 4.78 is 10.8. The Morgan fingerprint density at radius 3 is 2.67 bits per heavy atom. The molecular formula is C19H19ClN2O5. The fourth-order valence-corrected chi connectivity index (χ4v) is 3.85. The molecule has 0 N–H and O–H groups in total. The number of para-hydroxylation sites is 2. The zero-order valence-electron chi connectivity index (χ0n) is 15.2. The van der Waals surface area contributed by atoms with Gasteiger partial charge in [0.25, 0.3) is 5.69 Å². The van der Waals surface area contributed by atoms with Crippen molar-refractivity contribution in [2.75, 3.05) is 25.2 Å². The molecule has 0 aromatic heterocycles. The molecule has 1 aliphatic heterocycles. The van der Waals surface area contributed by atoms with E-state index >= 15 is 0 Å². The van der Waals surface area contributed by atoms with E-state index in [9.17, 15) is 14.9 Å². The van der Waals surface area contributed by atoms with Gasteiger partial charge in [-0.2, -0.15) is 0 Å². The summed E-state index contributed by atoms with van der Waals surface area (Å²) in [5, 5.41) is 11.9. The van der Waals surface area contributed by atoms with E-state index in [1.165, 1.54) is 13.2 Å². The molecule has 0 saturated carbocycles. The zero-order chi connectivity index (χ0) is 19.8. The lowest BCUT2D eigenvalue weighted by molar-refractivity contribution is -0.384. The summed E-state index contributed by atoms with van der Waals surface area (Å²) in [7, 11) is 1.50. The highest BCUT2D eigenvalue weighted by Gasteiger charge is 2.50. The number of anilines is 2. The highest BCUT2D eigenvalue weighted by Crippen LogP contribution is 2.53. The van der Waals surface area contributed by atoms with Crippen LogP contribution in [-0.2, 0) is 14.9 Å². The van der Waals surface area contributed by atoms with Gasteiger partial charge in [0.05, 0.1) is 24.3 Å². The van der Waals surface area contributed by atoms with Crippen LogP contribution in [0.2, 0.25) is 5.02 Å². The van der Waals surface area contributed by atoms with Gasteiger partial charge in [-0.25, -0.2) is 0 Å². The van der Waals surface area contributed by atoms with Gasteiger partial charge in [0.1, 0.15) is 16.9 Å². The fraction of sp³-hybridized carbons (Fsp3) is 0.316. The molecule has 0 amide bonds. The van der Waals surface area contributed by atoms with Crippen LogP contribution in [0.5, 0.6) is 5.75 Å². The molecule has 0 radical (unpaired) electrons. The number of fused-ring (bicyclic) bond motifs is 1. The van der Waals surface area contributed by atoms with Gasteiger partial charge >= 0.3 is 5.97 Å². The number of nitro benzene ring substituents is 1. The molecule has 2 aromatic rings. The van der Waals surface area contributed by atoms with Gasteiger partial charge in [-0.3, -0.25) is 14.9 Å². The van der Waals surface area contributed by atoms with Crippen molar-refractivity contribution in [3.8, 4) is 5.75 Å². The second-order valence-corrected chi connectivity index (χ2v) is 6.76. The van der Waals surface area contributed by atoms with Gasteiger partial charge in [-0.05, 0) is 32.0 Å². The maximum Gasteiger partial charge on any atom is 0.318 e. The number of nitrogens with zero attached hydrogens (tertiary/aromatic N) is 2. The topological polar surface area (TPSA) is 81.9 Å². The van der Waals surface area contributed by atoms with Crippen molar-refractivity contribution in [2.45, 2.75) is 19.3 Å². The van der Waals surface area contributed by atoms with Crippen molar-refractivity contribution in [3.63, 3.8) is 0 Å². The molecule has 0 spiro atoms. The van der Waals surface area contributed by atoms with Crippen LogP contribution in [0.4, 0.5) is 17.1 Å². The summed E-state index contributed by atoms with van der Waals surface area (Å²) in [6.45, 7) is 3.82. The van der Waals surface area contributed by atoms with Crippen molar-refractivity contribution < 1.29 is 19.2 Å². The van der Waals surface area contributed by atoms with E-state index in [1.54, 1.807) is 49.1 Å². The Morgan fingerprint density at radius 2 is 2.04 bits per heavy atom. The third-order valence-electron chi connectivity index (χ3n) is 4.70. The molecule has 0 aliphatic carbocycles. The Hall–Kier alpha value is -2.80. The lowest BCUT2D eigenvalue weighted by Gasteiger charge is -2.24. The quantitative estimate of drug-likeness (QED) is 0.431. The number of benzene rings is 2. The molecule has 3 rings (SSSR count). The maximum absolute atomic E-state index is 12.8. The number of nitro groups is 1. The lowest BCUT2D eigenvalue weighted by atomic mass is 9.84. The first-order valence-corrected chi connectivity index (χ1v) is 8.78. The smallest absolute Gasteiger partial charge is 0.318 e. The first kappa shape index (κ1) is 19.0. The van der Waals surface area contributed by atoms with Gasteiger partial charge in [0.15, 0.2) is 0 Å². The third kappa shape index (κ3) is 2.98. The van der Waals surface area contributed by atoms with Gasteiger partial charge < -0.3 is 14.4 Å². The number of methoxy groups -OCH3 is 1. The minimum absolute atomic E-state index is 0.0708. The summed E-state index contributed by atoms with van der Waals surface area (Å²) >= 11 is 6.46. The predicted octanol–water partition coefficient (Wildman–Crippen LogP) is 4.23. The van der Waals surface area contributed by atoms with Crippen molar-refractivity contribution >= 4 is 34.6 Å². The number of carbonyl (C=O) groups is 1. The minimum Gasteiger partial charge on any atom is -0.495 e. The minimum atomic E-state index is -1.10. The van der Waals surface area contributed by atoms with Crippen LogP contribution >= 0.6 is 11.6 Å². The molecule has 0 fully saturated rings. The number of ether oxygens (including phenoxy) is 2. The van der Waals surface area contributed by atoms with Crippen molar-refractivity contribution in [3.05, 3.63) is 57.1 Å². The van der Waals surface area contributed by atoms with E-state index in [0.29, 0.717) is 27.7 Å². The normalized spacial score (nSPS) is 18.1. The molecule has 27 heavy (non-hydrogen) atoms. The number of hydrogen-bond donors (Lipinski definition) is 0. The SMILES string of the molecule is CCOC(=O)C1(C)CN(c2ccccc2[N+](=O)[O-])c2c(OC)ccc(Cl)c21. The summed E-state index contributed by atoms with van der Waals surface area (Å²) in [5.74, 6) is 0.0306. The van der Waals surface area contributed by atoms with Gasteiger partial charge in [0.2, 0.25) is 0 Å². The van der Waals surface area contributed by atoms with E-state index in [0.717, 1.165) is 0 Å². The van der Waals surface area contributed by atoms with Crippen LogP contribution in [-0.4, -0.2) is 31.2 Å². The van der Waals surface area contributed by atoms with Crippen LogP contribution in [0, 0.1) is 10.1 Å². The Balaban J connectivity index is 2.28. The first-order valence-electron chi connectivity index (χ1n) is 8.40. The Bertz CT molecular complexity index is 917. The molecular weight excluding hydrogens is 372 g/mol. The Morgan fingerprint density at radius 1 is 1.33 bits per heavy atom. The van der Waals surface area contributed by atoms with Crippen molar-refractivity contribution in [1.29, 1.82) is 0 Å². The number of hydrogen-bond acceptors (Lipinski definition) is 6. The standard InChI is InChI=1S/C19H19ClN2O5/c1-4-27-18(23)19(2)11-21(13-7-5-6-8-14(13)22(24)25)17-15(26-3)10-9-12(20)16(17)19/h5-10H,4,11H2,1-3H3. The summed E-state index contributed by atoms with van der Waals surface area (Å²) in [4.78, 5) is 25.6. The lowest BCUT2D eigenvalue weighted by Crippen LogP contribution is -2.38. The summed E-state index contributed by atoms with van der Waals surface area (Å²) in [6, 6.07) is 9.70. The van der Waals surface area contributed by atoms with Crippen molar-refractivity contribution in [1.82, 2.24) is 0 Å². The zero-order valence-corrected chi connectivity index (χ0v) is 15.9. The Labute approximate surface area is 161 Å². The molecule has 0 saturated heterocycles.